The van der Waals surface area contributed by atoms with Gasteiger partial charge in [0.2, 0.25) is 0 Å². The number of thiocarbonyl (C=S) groups is 1. The second-order valence-electron chi connectivity index (χ2n) is 11.0. The van der Waals surface area contributed by atoms with E-state index >= 15 is 0 Å². The smallest absolute Gasteiger partial charge is 0.335 e. The number of nitrogens with zero attached hydrogens (tertiary/aromatic N) is 2. The van der Waals surface area contributed by atoms with Gasteiger partial charge in [0.1, 0.15) is 22.4 Å². The van der Waals surface area contributed by atoms with Crippen LogP contribution >= 0.6 is 35.6 Å². The Bertz CT molecular complexity index is 1590. The van der Waals surface area contributed by atoms with Gasteiger partial charge in [-0.1, -0.05) is 53.8 Å². The molecule has 2 aliphatic rings. The van der Waals surface area contributed by atoms with E-state index in [2.05, 4.69) is 4.90 Å². The van der Waals surface area contributed by atoms with Gasteiger partial charge in [-0.15, -0.1) is 0 Å². The van der Waals surface area contributed by atoms with Crippen molar-refractivity contribution in [1.29, 1.82) is 0 Å². The van der Waals surface area contributed by atoms with E-state index in [4.69, 9.17) is 43.1 Å². The Kier molecular flexibility index (Phi) is 11.2. The van der Waals surface area contributed by atoms with E-state index in [1.807, 2.05) is 50.3 Å². The average molecular weight is 667 g/mol. The van der Waals surface area contributed by atoms with Gasteiger partial charge >= 0.3 is 5.97 Å². The summed E-state index contributed by atoms with van der Waals surface area (Å²) in [6.45, 7) is 8.84. The highest BCUT2D eigenvalue weighted by Crippen LogP contribution is 2.39. The maximum Gasteiger partial charge on any atom is 0.335 e. The largest absolute Gasteiger partial charge is 0.492 e. The summed E-state index contributed by atoms with van der Waals surface area (Å²) >= 11 is 13.6. The molecule has 0 radical (unpaired) electrons. The lowest BCUT2D eigenvalue weighted by atomic mass is 10.0. The fraction of sp³-hybridized carbons (Fsp3) is 0.324. The number of amides is 1. The molecule has 1 N–H and O–H groups in total. The normalized spacial score (nSPS) is 16.5. The number of aromatic carboxylic acids is 1. The number of hydrogen-bond acceptors (Lipinski definition) is 8. The summed E-state index contributed by atoms with van der Waals surface area (Å²) in [5.74, 6) is 0.249. The minimum Gasteiger partial charge on any atom is -0.492 e. The van der Waals surface area contributed by atoms with Gasteiger partial charge in [-0.3, -0.25) is 14.6 Å². The number of hydrogen-bond donors (Lipinski definition) is 1. The molecule has 0 saturated carbocycles. The van der Waals surface area contributed by atoms with E-state index in [0.717, 1.165) is 55.1 Å². The Morgan fingerprint density at radius 2 is 1.82 bits per heavy atom. The molecule has 11 heteroatoms. The van der Waals surface area contributed by atoms with Gasteiger partial charge in [-0.25, -0.2) is 4.79 Å². The second kappa shape index (κ2) is 15.2. The summed E-state index contributed by atoms with van der Waals surface area (Å²) in [6.07, 6.45) is 2.41. The van der Waals surface area contributed by atoms with Crippen LogP contribution in [0.25, 0.3) is 17.2 Å². The van der Waals surface area contributed by atoms with Crippen LogP contribution in [0.5, 0.6) is 11.5 Å². The Labute approximate surface area is 277 Å². The van der Waals surface area contributed by atoms with Gasteiger partial charge in [0, 0.05) is 37.3 Å². The zero-order valence-electron chi connectivity index (χ0n) is 25.2. The third-order valence-electron chi connectivity index (χ3n) is 7.37. The Balaban J connectivity index is 1.35. The molecular formula is C34H35ClN2O6S2. The first-order valence-corrected chi connectivity index (χ1v) is 16.4. The first-order chi connectivity index (χ1) is 21.7. The van der Waals surface area contributed by atoms with Gasteiger partial charge in [-0.2, -0.15) is 0 Å². The third kappa shape index (κ3) is 8.65. The van der Waals surface area contributed by atoms with Crippen molar-refractivity contribution in [2.45, 2.75) is 26.4 Å². The number of halogens is 1. The minimum atomic E-state index is -0.973. The molecule has 2 heterocycles. The van der Waals surface area contributed by atoms with Gasteiger partial charge in [0.25, 0.3) is 5.91 Å². The SMILES string of the molecule is CC(C)Oc1ccc(-c2cc(/C=C3\SC(=S)N(CCc4ccc(C(=O)O)cc4)C3=O)ccc2OCCN2CCOCC2)c(Cl)c1. The van der Waals surface area contributed by atoms with Gasteiger partial charge in [0.05, 0.1) is 34.8 Å². The Morgan fingerprint density at radius 3 is 2.51 bits per heavy atom. The van der Waals surface area contributed by atoms with Gasteiger partial charge in [0.15, 0.2) is 0 Å². The molecule has 0 aromatic heterocycles. The summed E-state index contributed by atoms with van der Waals surface area (Å²) in [5, 5.41) is 9.67. The fourth-order valence-electron chi connectivity index (χ4n) is 5.04. The Morgan fingerprint density at radius 1 is 1.07 bits per heavy atom. The third-order valence-corrected chi connectivity index (χ3v) is 9.06. The molecule has 3 aromatic rings. The minimum absolute atomic E-state index is 0.0190. The number of ether oxygens (including phenoxy) is 3. The molecule has 1 amide bonds. The Hall–Kier alpha value is -3.41. The van der Waals surface area contributed by atoms with Crippen LogP contribution in [0.15, 0.2) is 65.6 Å². The van der Waals surface area contributed by atoms with Crippen LogP contribution in [0.3, 0.4) is 0 Å². The number of carbonyl (C=O) groups is 2. The van der Waals surface area contributed by atoms with Crippen molar-refractivity contribution in [2.24, 2.45) is 0 Å². The van der Waals surface area contributed by atoms with Crippen molar-refractivity contribution in [1.82, 2.24) is 9.80 Å². The number of morpholine rings is 1. The number of carboxylic acid groups (broad SMARTS) is 1. The number of benzene rings is 3. The summed E-state index contributed by atoms with van der Waals surface area (Å²) in [4.78, 5) is 28.9. The maximum absolute atomic E-state index is 13.4. The van der Waals surface area contributed by atoms with E-state index in [9.17, 15) is 9.59 Å². The van der Waals surface area contributed by atoms with Gasteiger partial charge in [-0.05, 0) is 79.9 Å². The quantitative estimate of drug-likeness (QED) is 0.169. The molecule has 0 aliphatic carbocycles. The van der Waals surface area contributed by atoms with Crippen LogP contribution < -0.4 is 9.47 Å². The first-order valence-electron chi connectivity index (χ1n) is 14.8. The van der Waals surface area contributed by atoms with Crippen LogP contribution in [0.4, 0.5) is 0 Å². The van der Waals surface area contributed by atoms with E-state index in [0.29, 0.717) is 45.3 Å². The maximum atomic E-state index is 13.4. The predicted molar refractivity (Wildman–Crippen MR) is 182 cm³/mol. The molecule has 236 valence electrons. The number of carbonyl (C=O) groups excluding carboxylic acids is 1. The molecule has 0 unspecified atom stereocenters. The van der Waals surface area contributed by atoms with Crippen molar-refractivity contribution in [3.8, 4) is 22.6 Å². The molecular weight excluding hydrogens is 632 g/mol. The van der Waals surface area contributed by atoms with Crippen LogP contribution in [0, 0.1) is 0 Å². The lowest BCUT2D eigenvalue weighted by Crippen LogP contribution is -2.38. The zero-order valence-corrected chi connectivity index (χ0v) is 27.6. The van der Waals surface area contributed by atoms with Crippen LogP contribution in [0.1, 0.15) is 35.3 Å². The summed E-state index contributed by atoms with van der Waals surface area (Å²) in [7, 11) is 0. The summed E-state index contributed by atoms with van der Waals surface area (Å²) < 4.78 is 18.1. The highest BCUT2D eigenvalue weighted by molar-refractivity contribution is 8.26. The van der Waals surface area contributed by atoms with E-state index in [1.165, 1.54) is 11.8 Å². The topological polar surface area (TPSA) is 88.5 Å². The number of rotatable bonds is 12. The lowest BCUT2D eigenvalue weighted by Gasteiger charge is -2.26. The molecule has 3 aromatic carbocycles. The molecule has 2 aliphatic heterocycles. The molecule has 45 heavy (non-hydrogen) atoms. The molecule has 0 atom stereocenters. The zero-order chi connectivity index (χ0) is 31.9. The van der Waals surface area contributed by atoms with Crippen molar-refractivity contribution < 1.29 is 28.9 Å². The second-order valence-corrected chi connectivity index (χ2v) is 13.0. The van der Waals surface area contributed by atoms with Crippen molar-refractivity contribution in [2.75, 3.05) is 46.0 Å². The van der Waals surface area contributed by atoms with E-state index < -0.39 is 5.97 Å². The monoisotopic (exact) mass is 666 g/mol. The van der Waals surface area contributed by atoms with Gasteiger partial charge < -0.3 is 19.3 Å². The van der Waals surface area contributed by atoms with Crippen molar-refractivity contribution in [3.63, 3.8) is 0 Å². The standard InChI is InChI=1S/C34H35ClN2O6S2/c1-22(2)43-26-8-9-27(29(35)21-26)28-19-24(5-10-30(28)42-18-15-36-13-16-41-17-14-36)20-31-32(38)37(34(44)45-31)12-11-23-3-6-25(7-4-23)33(39)40/h3-10,19-22H,11-18H2,1-2H3,(H,39,40)/b31-20-. The summed E-state index contributed by atoms with van der Waals surface area (Å²) in [5.41, 5.74) is 3.57. The highest BCUT2D eigenvalue weighted by atomic mass is 35.5. The fourth-order valence-corrected chi connectivity index (χ4v) is 6.62. The average Bonchev–Trinajstić information content (AvgIpc) is 3.28. The molecule has 8 nitrogen and oxygen atoms in total. The highest BCUT2D eigenvalue weighted by Gasteiger charge is 2.31. The van der Waals surface area contributed by atoms with E-state index in [1.54, 1.807) is 35.2 Å². The molecule has 0 bridgehead atoms. The van der Waals surface area contributed by atoms with E-state index in [-0.39, 0.29) is 17.6 Å². The van der Waals surface area contributed by atoms with Crippen LogP contribution in [0.2, 0.25) is 5.02 Å². The van der Waals surface area contributed by atoms with Crippen molar-refractivity contribution in [3.05, 3.63) is 87.3 Å². The van der Waals surface area contributed by atoms with Crippen LogP contribution in [-0.2, 0) is 16.0 Å². The lowest BCUT2D eigenvalue weighted by molar-refractivity contribution is -0.122. The predicted octanol–water partition coefficient (Wildman–Crippen LogP) is 6.65. The van der Waals surface area contributed by atoms with Crippen LogP contribution in [-0.4, -0.2) is 83.2 Å². The first kappa shape index (κ1) is 33.0. The molecule has 2 saturated heterocycles. The molecule has 5 rings (SSSR count). The summed E-state index contributed by atoms with van der Waals surface area (Å²) in [6, 6.07) is 18.1. The van der Waals surface area contributed by atoms with Crippen molar-refractivity contribution >= 4 is 57.9 Å². The number of thioether (sulfide) groups is 1. The molecule has 2 fully saturated rings. The number of carboxylic acids is 1. The molecule has 0 spiro atoms.